The third-order valence-electron chi connectivity index (χ3n) is 6.35. The Hall–Kier alpha value is -2.64. The van der Waals surface area contributed by atoms with E-state index in [9.17, 15) is 9.18 Å². The van der Waals surface area contributed by atoms with Crippen LogP contribution in [-0.2, 0) is 9.53 Å². The van der Waals surface area contributed by atoms with E-state index in [2.05, 4.69) is 4.90 Å². The number of amides is 1. The Balaban J connectivity index is 1.45. The van der Waals surface area contributed by atoms with Crippen molar-refractivity contribution < 1.29 is 13.9 Å². The standard InChI is InChI=1S/C26H28FN3O2S/c1-18-14-23(29-11-5-6-12-29)22(27)15-19(18)16-24-25(31)30(17-21-10-7-13-32-21)26(33-24)28-20-8-3-2-4-9-20/h2-4,8-9,14-16,21H,5-7,10-13,17H2,1H3. The van der Waals surface area contributed by atoms with Gasteiger partial charge in [0.1, 0.15) is 5.82 Å². The molecule has 3 aliphatic heterocycles. The van der Waals surface area contributed by atoms with Gasteiger partial charge in [0.2, 0.25) is 0 Å². The monoisotopic (exact) mass is 465 g/mol. The molecule has 5 rings (SSSR count). The van der Waals surface area contributed by atoms with E-state index in [-0.39, 0.29) is 17.8 Å². The first-order valence-corrected chi connectivity index (χ1v) is 12.4. The van der Waals surface area contributed by atoms with Crippen molar-refractivity contribution in [1.82, 2.24) is 4.90 Å². The van der Waals surface area contributed by atoms with E-state index in [0.29, 0.717) is 22.3 Å². The van der Waals surface area contributed by atoms with Crippen LogP contribution in [0.2, 0.25) is 0 Å². The van der Waals surface area contributed by atoms with Gasteiger partial charge in [-0.1, -0.05) is 18.2 Å². The van der Waals surface area contributed by atoms with Gasteiger partial charge < -0.3 is 9.64 Å². The molecule has 0 aliphatic carbocycles. The first kappa shape index (κ1) is 22.2. The number of hydrogen-bond donors (Lipinski definition) is 0. The predicted molar refractivity (Wildman–Crippen MR) is 132 cm³/mol. The Morgan fingerprint density at radius 2 is 1.97 bits per heavy atom. The van der Waals surface area contributed by atoms with E-state index in [1.807, 2.05) is 43.3 Å². The molecule has 3 heterocycles. The van der Waals surface area contributed by atoms with Crippen LogP contribution in [0.1, 0.15) is 36.8 Å². The number of benzene rings is 2. The van der Waals surface area contributed by atoms with Crippen LogP contribution in [0.4, 0.5) is 15.8 Å². The highest BCUT2D eigenvalue weighted by atomic mass is 32.2. The van der Waals surface area contributed by atoms with Crippen molar-refractivity contribution >= 4 is 40.3 Å². The minimum atomic E-state index is -0.237. The van der Waals surface area contributed by atoms with E-state index in [1.54, 1.807) is 17.0 Å². The lowest BCUT2D eigenvalue weighted by Crippen LogP contribution is -2.36. The minimum absolute atomic E-state index is 0.0220. The zero-order valence-electron chi connectivity index (χ0n) is 18.8. The molecule has 172 valence electrons. The van der Waals surface area contributed by atoms with Crippen molar-refractivity contribution in [1.29, 1.82) is 0 Å². The summed E-state index contributed by atoms with van der Waals surface area (Å²) in [5.74, 6) is -0.340. The zero-order chi connectivity index (χ0) is 22.8. The van der Waals surface area contributed by atoms with E-state index in [0.717, 1.165) is 62.2 Å². The number of para-hydroxylation sites is 1. The van der Waals surface area contributed by atoms with Crippen LogP contribution in [0.5, 0.6) is 0 Å². The van der Waals surface area contributed by atoms with Gasteiger partial charge >= 0.3 is 0 Å². The summed E-state index contributed by atoms with van der Waals surface area (Å²) in [6, 6.07) is 13.1. The Bertz CT molecular complexity index is 1090. The van der Waals surface area contributed by atoms with Crippen molar-refractivity contribution in [3.8, 4) is 0 Å². The molecule has 0 N–H and O–H groups in total. The molecular weight excluding hydrogens is 437 g/mol. The Kier molecular flexibility index (Phi) is 6.51. The smallest absolute Gasteiger partial charge is 0.266 e. The summed E-state index contributed by atoms with van der Waals surface area (Å²) in [4.78, 5) is 22.5. The maximum absolute atomic E-state index is 15.0. The molecule has 1 amide bonds. The SMILES string of the molecule is Cc1cc(N2CCCC2)c(F)cc1C=C1SC(=Nc2ccccc2)N(CC2CCCO2)C1=O. The summed E-state index contributed by atoms with van der Waals surface area (Å²) in [5, 5.41) is 0.639. The fraction of sp³-hybridized carbons (Fsp3) is 0.385. The second-order valence-corrected chi connectivity index (χ2v) is 9.75. The van der Waals surface area contributed by atoms with Gasteiger partial charge in [0, 0.05) is 19.7 Å². The Morgan fingerprint density at radius 1 is 1.18 bits per heavy atom. The quantitative estimate of drug-likeness (QED) is 0.546. The highest BCUT2D eigenvalue weighted by molar-refractivity contribution is 8.18. The van der Waals surface area contributed by atoms with Crippen LogP contribution in [0.25, 0.3) is 6.08 Å². The highest BCUT2D eigenvalue weighted by Crippen LogP contribution is 2.36. The van der Waals surface area contributed by atoms with E-state index in [4.69, 9.17) is 9.73 Å². The third-order valence-corrected chi connectivity index (χ3v) is 7.35. The number of carbonyl (C=O) groups excluding carboxylic acids is 1. The first-order valence-electron chi connectivity index (χ1n) is 11.6. The second kappa shape index (κ2) is 9.69. The zero-order valence-corrected chi connectivity index (χ0v) is 19.6. The molecule has 0 aromatic heterocycles. The maximum atomic E-state index is 15.0. The number of amidine groups is 1. The van der Waals surface area contributed by atoms with Gasteiger partial charge in [-0.25, -0.2) is 9.38 Å². The fourth-order valence-corrected chi connectivity index (χ4v) is 5.53. The molecule has 1 atom stereocenters. The summed E-state index contributed by atoms with van der Waals surface area (Å²) in [5.41, 5.74) is 3.13. The molecule has 3 fully saturated rings. The number of hydrogen-bond acceptors (Lipinski definition) is 5. The predicted octanol–water partition coefficient (Wildman–Crippen LogP) is 5.52. The van der Waals surface area contributed by atoms with Crippen LogP contribution >= 0.6 is 11.8 Å². The summed E-state index contributed by atoms with van der Waals surface area (Å²) in [6.07, 6.45) is 5.96. The Labute approximate surface area is 198 Å². The third kappa shape index (κ3) is 4.84. The van der Waals surface area contributed by atoms with Crippen LogP contribution in [0.15, 0.2) is 52.4 Å². The van der Waals surface area contributed by atoms with Gasteiger partial charge in [0.05, 0.1) is 28.9 Å². The molecule has 0 radical (unpaired) electrons. The van der Waals surface area contributed by atoms with Gasteiger partial charge in [-0.3, -0.25) is 9.69 Å². The largest absolute Gasteiger partial charge is 0.376 e. The van der Waals surface area contributed by atoms with Crippen molar-refractivity contribution in [3.63, 3.8) is 0 Å². The van der Waals surface area contributed by atoms with Crippen LogP contribution < -0.4 is 4.90 Å². The number of anilines is 1. The topological polar surface area (TPSA) is 45.1 Å². The van der Waals surface area contributed by atoms with Gasteiger partial charge in [-0.2, -0.15) is 0 Å². The molecule has 0 spiro atoms. The number of rotatable bonds is 5. The van der Waals surface area contributed by atoms with Crippen molar-refractivity contribution in [2.24, 2.45) is 4.99 Å². The number of carbonyl (C=O) groups is 1. The molecule has 3 aliphatic rings. The number of aryl methyl sites for hydroxylation is 1. The maximum Gasteiger partial charge on any atom is 0.266 e. The molecule has 0 bridgehead atoms. The number of aliphatic imine (C=N–C) groups is 1. The van der Waals surface area contributed by atoms with E-state index >= 15 is 0 Å². The summed E-state index contributed by atoms with van der Waals surface area (Å²) < 4.78 is 20.7. The van der Waals surface area contributed by atoms with Gasteiger partial charge in [-0.05, 0) is 85.8 Å². The van der Waals surface area contributed by atoms with Crippen molar-refractivity contribution in [2.75, 3.05) is 31.1 Å². The molecule has 1 unspecified atom stereocenters. The molecular formula is C26H28FN3O2S. The van der Waals surface area contributed by atoms with Gasteiger partial charge in [-0.15, -0.1) is 0 Å². The van der Waals surface area contributed by atoms with Crippen molar-refractivity contribution in [3.05, 3.63) is 64.3 Å². The Morgan fingerprint density at radius 3 is 2.70 bits per heavy atom. The number of thioether (sulfide) groups is 1. The lowest BCUT2D eigenvalue weighted by atomic mass is 10.1. The summed E-state index contributed by atoms with van der Waals surface area (Å²) in [6.45, 7) is 4.97. The molecule has 3 saturated heterocycles. The van der Waals surface area contributed by atoms with Gasteiger partial charge in [0.25, 0.3) is 5.91 Å². The molecule has 33 heavy (non-hydrogen) atoms. The number of nitrogens with zero attached hydrogens (tertiary/aromatic N) is 3. The van der Waals surface area contributed by atoms with Crippen LogP contribution in [-0.4, -0.2) is 48.3 Å². The average molecular weight is 466 g/mol. The molecule has 5 nitrogen and oxygen atoms in total. The van der Waals surface area contributed by atoms with E-state index in [1.165, 1.54) is 11.8 Å². The first-order chi connectivity index (χ1) is 16.1. The average Bonchev–Trinajstić information content (AvgIpc) is 3.57. The molecule has 0 saturated carbocycles. The highest BCUT2D eigenvalue weighted by Gasteiger charge is 2.36. The van der Waals surface area contributed by atoms with E-state index < -0.39 is 0 Å². The molecule has 2 aromatic rings. The molecule has 7 heteroatoms. The summed E-state index contributed by atoms with van der Waals surface area (Å²) in [7, 11) is 0. The normalized spacial score (nSPS) is 23.5. The fourth-order valence-electron chi connectivity index (χ4n) is 4.54. The lowest BCUT2D eigenvalue weighted by molar-refractivity contribution is -0.123. The minimum Gasteiger partial charge on any atom is -0.376 e. The van der Waals surface area contributed by atoms with Gasteiger partial charge in [0.15, 0.2) is 5.17 Å². The molecule has 2 aromatic carbocycles. The number of ether oxygens (including phenoxy) is 1. The summed E-state index contributed by atoms with van der Waals surface area (Å²) >= 11 is 1.34. The van der Waals surface area contributed by atoms with Crippen LogP contribution in [0.3, 0.4) is 0 Å². The van der Waals surface area contributed by atoms with Crippen LogP contribution in [0, 0.1) is 12.7 Å². The lowest BCUT2D eigenvalue weighted by Gasteiger charge is -2.20. The van der Waals surface area contributed by atoms with Crippen molar-refractivity contribution in [2.45, 2.75) is 38.7 Å². The second-order valence-electron chi connectivity index (χ2n) is 8.75. The number of halogens is 1.